The average molecular weight is 409 g/mol. The highest BCUT2D eigenvalue weighted by Crippen LogP contribution is 2.34. The van der Waals surface area contributed by atoms with E-state index in [0.717, 1.165) is 25.7 Å². The van der Waals surface area contributed by atoms with Crippen LogP contribution in [0.3, 0.4) is 0 Å². The van der Waals surface area contributed by atoms with E-state index in [1.54, 1.807) is 31.4 Å². The normalized spacial score (nSPS) is 15.5. The molecule has 1 fully saturated rings. The molecule has 2 aromatic carbocycles. The lowest BCUT2D eigenvalue weighted by Crippen LogP contribution is -2.27. The molecule has 0 bridgehead atoms. The molecule has 4 rings (SSSR count). The van der Waals surface area contributed by atoms with E-state index in [1.807, 2.05) is 35.8 Å². The SMILES string of the molecule is COc1ccc(C(=O)[C@@H](C)Sc2nc3ccccc3c(=O)n2C2CCCC2)cc1. The van der Waals surface area contributed by atoms with Crippen LogP contribution < -0.4 is 10.3 Å². The first-order valence-corrected chi connectivity index (χ1v) is 10.8. The molecule has 1 aromatic heterocycles. The van der Waals surface area contributed by atoms with Gasteiger partial charge < -0.3 is 4.74 Å². The van der Waals surface area contributed by atoms with Crippen molar-refractivity contribution in [1.82, 2.24) is 9.55 Å². The lowest BCUT2D eigenvalue weighted by atomic mass is 10.1. The molecule has 5 nitrogen and oxygen atoms in total. The first-order valence-electron chi connectivity index (χ1n) is 9.94. The van der Waals surface area contributed by atoms with Gasteiger partial charge in [0.1, 0.15) is 5.75 Å². The van der Waals surface area contributed by atoms with Gasteiger partial charge in [0.15, 0.2) is 10.9 Å². The first kappa shape index (κ1) is 19.7. The third kappa shape index (κ3) is 3.94. The van der Waals surface area contributed by atoms with Crippen LogP contribution in [0.1, 0.15) is 49.0 Å². The van der Waals surface area contributed by atoms with Gasteiger partial charge in [-0.25, -0.2) is 4.98 Å². The molecule has 150 valence electrons. The van der Waals surface area contributed by atoms with Gasteiger partial charge in [0, 0.05) is 11.6 Å². The van der Waals surface area contributed by atoms with Crippen LogP contribution in [-0.4, -0.2) is 27.7 Å². The molecule has 6 heteroatoms. The molecule has 3 aromatic rings. The van der Waals surface area contributed by atoms with Crippen molar-refractivity contribution in [3.8, 4) is 5.75 Å². The van der Waals surface area contributed by atoms with E-state index in [4.69, 9.17) is 9.72 Å². The summed E-state index contributed by atoms with van der Waals surface area (Å²) in [6, 6.07) is 14.7. The number of benzene rings is 2. The van der Waals surface area contributed by atoms with Gasteiger partial charge >= 0.3 is 0 Å². The Bertz CT molecular complexity index is 1090. The lowest BCUT2D eigenvalue weighted by Gasteiger charge is -2.20. The number of fused-ring (bicyclic) bond motifs is 1. The minimum absolute atomic E-state index is 0.00547. The highest BCUT2D eigenvalue weighted by Gasteiger charge is 2.26. The summed E-state index contributed by atoms with van der Waals surface area (Å²) in [5.74, 6) is 0.728. The number of Topliss-reactive ketones (excluding diaryl/α,β-unsaturated/α-hetero) is 1. The molecule has 0 radical (unpaired) electrons. The summed E-state index contributed by atoms with van der Waals surface area (Å²) in [5.41, 5.74) is 1.30. The van der Waals surface area contributed by atoms with Crippen molar-refractivity contribution < 1.29 is 9.53 Å². The first-order chi connectivity index (χ1) is 14.1. The van der Waals surface area contributed by atoms with Crippen molar-refractivity contribution in [1.29, 1.82) is 0 Å². The quantitative estimate of drug-likeness (QED) is 0.330. The number of ether oxygens (including phenoxy) is 1. The number of aromatic nitrogens is 2. The van der Waals surface area contributed by atoms with E-state index < -0.39 is 0 Å². The monoisotopic (exact) mass is 408 g/mol. The molecule has 1 aliphatic rings. The number of ketones is 1. The Morgan fingerprint density at radius 3 is 2.52 bits per heavy atom. The van der Waals surface area contributed by atoms with Crippen LogP contribution in [0.4, 0.5) is 0 Å². The Labute approximate surface area is 174 Å². The molecular formula is C23H24N2O3S. The Kier molecular flexibility index (Phi) is 5.72. The zero-order valence-electron chi connectivity index (χ0n) is 16.6. The summed E-state index contributed by atoms with van der Waals surface area (Å²) in [4.78, 5) is 31.0. The van der Waals surface area contributed by atoms with Crippen molar-refractivity contribution in [2.75, 3.05) is 7.11 Å². The van der Waals surface area contributed by atoms with E-state index in [9.17, 15) is 9.59 Å². The second-order valence-corrected chi connectivity index (χ2v) is 8.69. The lowest BCUT2D eigenvalue weighted by molar-refractivity contribution is 0.0993. The zero-order chi connectivity index (χ0) is 20.4. The topological polar surface area (TPSA) is 61.2 Å². The highest BCUT2D eigenvalue weighted by atomic mass is 32.2. The molecule has 0 aliphatic heterocycles. The van der Waals surface area contributed by atoms with E-state index >= 15 is 0 Å². The van der Waals surface area contributed by atoms with Crippen LogP contribution in [0.15, 0.2) is 58.5 Å². The Balaban J connectivity index is 1.69. The van der Waals surface area contributed by atoms with Crippen molar-refractivity contribution in [2.45, 2.75) is 49.1 Å². The molecule has 0 unspecified atom stereocenters. The van der Waals surface area contributed by atoms with Gasteiger partial charge in [-0.1, -0.05) is 36.7 Å². The van der Waals surface area contributed by atoms with Crippen LogP contribution in [0.2, 0.25) is 0 Å². The predicted molar refractivity (Wildman–Crippen MR) is 116 cm³/mol. The van der Waals surface area contributed by atoms with Gasteiger partial charge in [-0.3, -0.25) is 14.2 Å². The molecule has 1 saturated carbocycles. The molecule has 0 amide bonds. The van der Waals surface area contributed by atoms with Crippen LogP contribution in [0, 0.1) is 0 Å². The number of nitrogens with zero attached hydrogens (tertiary/aromatic N) is 2. The van der Waals surface area contributed by atoms with Crippen LogP contribution in [0.25, 0.3) is 10.9 Å². The Hall–Kier alpha value is -2.60. The molecule has 29 heavy (non-hydrogen) atoms. The van der Waals surface area contributed by atoms with E-state index in [-0.39, 0.29) is 22.6 Å². The zero-order valence-corrected chi connectivity index (χ0v) is 17.4. The second kappa shape index (κ2) is 8.41. The van der Waals surface area contributed by atoms with Crippen LogP contribution in [-0.2, 0) is 0 Å². The van der Waals surface area contributed by atoms with Gasteiger partial charge in [-0.05, 0) is 56.2 Å². The number of methoxy groups -OCH3 is 1. The predicted octanol–water partition coefficient (Wildman–Crippen LogP) is 4.88. The highest BCUT2D eigenvalue weighted by molar-refractivity contribution is 8.00. The standard InChI is InChI=1S/C23H24N2O3S/c1-15(21(26)16-11-13-18(28-2)14-12-16)29-23-24-20-10-6-5-9-19(20)22(27)25(23)17-7-3-4-8-17/h5-6,9-15,17H,3-4,7-8H2,1-2H3/t15-/m1/s1. The summed E-state index contributed by atoms with van der Waals surface area (Å²) in [6.07, 6.45) is 4.20. The number of thioether (sulfide) groups is 1. The fraction of sp³-hybridized carbons (Fsp3) is 0.348. The van der Waals surface area contributed by atoms with Gasteiger partial charge in [-0.15, -0.1) is 0 Å². The van der Waals surface area contributed by atoms with Crippen molar-refractivity contribution >= 4 is 28.4 Å². The molecule has 1 heterocycles. The largest absolute Gasteiger partial charge is 0.497 e. The Morgan fingerprint density at radius 1 is 1.14 bits per heavy atom. The molecule has 1 aliphatic carbocycles. The fourth-order valence-corrected chi connectivity index (χ4v) is 4.95. The number of para-hydroxylation sites is 1. The van der Waals surface area contributed by atoms with Crippen molar-refractivity contribution in [3.63, 3.8) is 0 Å². The summed E-state index contributed by atoms with van der Waals surface area (Å²) in [6.45, 7) is 1.87. The van der Waals surface area contributed by atoms with E-state index in [0.29, 0.717) is 27.4 Å². The smallest absolute Gasteiger partial charge is 0.262 e. The Morgan fingerprint density at radius 2 is 1.83 bits per heavy atom. The minimum Gasteiger partial charge on any atom is -0.497 e. The second-order valence-electron chi connectivity index (χ2n) is 7.38. The number of hydrogen-bond acceptors (Lipinski definition) is 5. The molecular weight excluding hydrogens is 384 g/mol. The maximum atomic E-state index is 13.2. The van der Waals surface area contributed by atoms with Crippen LogP contribution in [0.5, 0.6) is 5.75 Å². The average Bonchev–Trinajstić information content (AvgIpc) is 3.27. The third-order valence-corrected chi connectivity index (χ3v) is 6.56. The summed E-state index contributed by atoms with van der Waals surface area (Å²) in [5, 5.41) is 0.914. The fourth-order valence-electron chi connectivity index (χ4n) is 3.89. The molecule has 1 atom stereocenters. The number of rotatable bonds is 6. The molecule has 0 saturated heterocycles. The van der Waals surface area contributed by atoms with Gasteiger partial charge in [0.25, 0.3) is 5.56 Å². The summed E-state index contributed by atoms with van der Waals surface area (Å²) < 4.78 is 7.00. The van der Waals surface area contributed by atoms with E-state index in [2.05, 4.69) is 0 Å². The van der Waals surface area contributed by atoms with Gasteiger partial charge in [0.2, 0.25) is 0 Å². The summed E-state index contributed by atoms with van der Waals surface area (Å²) in [7, 11) is 1.60. The van der Waals surface area contributed by atoms with Crippen molar-refractivity contribution in [2.24, 2.45) is 0 Å². The molecule has 0 N–H and O–H groups in total. The minimum atomic E-state index is -0.357. The van der Waals surface area contributed by atoms with Gasteiger partial charge in [0.05, 0.1) is 23.3 Å². The molecule has 0 spiro atoms. The number of hydrogen-bond donors (Lipinski definition) is 0. The van der Waals surface area contributed by atoms with E-state index in [1.165, 1.54) is 11.8 Å². The third-order valence-electron chi connectivity index (χ3n) is 5.49. The maximum Gasteiger partial charge on any atom is 0.262 e. The number of carbonyl (C=O) groups is 1. The van der Waals surface area contributed by atoms with Crippen molar-refractivity contribution in [3.05, 3.63) is 64.4 Å². The van der Waals surface area contributed by atoms with Gasteiger partial charge in [-0.2, -0.15) is 0 Å². The summed E-state index contributed by atoms with van der Waals surface area (Å²) >= 11 is 1.37. The van der Waals surface area contributed by atoms with Crippen LogP contribution >= 0.6 is 11.8 Å². The maximum absolute atomic E-state index is 13.2. The number of carbonyl (C=O) groups excluding carboxylic acids is 1.